The number of nitrogens with zero attached hydrogens (tertiary/aromatic N) is 1. The van der Waals surface area contributed by atoms with Gasteiger partial charge in [-0.05, 0) is 24.5 Å². The van der Waals surface area contributed by atoms with Gasteiger partial charge in [0.2, 0.25) is 10.0 Å². The van der Waals surface area contributed by atoms with Crippen molar-refractivity contribution in [1.82, 2.24) is 4.72 Å². The summed E-state index contributed by atoms with van der Waals surface area (Å²) in [5.74, 6) is -0.510. The lowest BCUT2D eigenvalue weighted by atomic mass is 10.0. The average molecular weight is 443 g/mol. The van der Waals surface area contributed by atoms with E-state index in [-0.39, 0.29) is 19.8 Å². The quantitative estimate of drug-likeness (QED) is 0.148. The number of unbranched alkanes of at least 4 members (excludes halogenated alkanes) is 4. The predicted octanol–water partition coefficient (Wildman–Crippen LogP) is 3.09. The molecular weight excluding hydrogens is 412 g/mol. The number of esters is 1. The molecule has 0 bridgehead atoms. The highest BCUT2D eigenvalue weighted by Gasteiger charge is 2.25. The number of carbonyl (C=O) groups excluding carboxylic acids is 1. The average Bonchev–Trinajstić information content (AvgIpc) is 2.71. The van der Waals surface area contributed by atoms with Crippen molar-refractivity contribution < 1.29 is 28.0 Å². The van der Waals surface area contributed by atoms with Crippen molar-refractivity contribution in [2.24, 2.45) is 0 Å². The molecule has 10 heteroatoms. The van der Waals surface area contributed by atoms with E-state index in [2.05, 4.69) is 11.6 Å². The minimum absolute atomic E-state index is 0.136. The van der Waals surface area contributed by atoms with Crippen LogP contribution in [0.5, 0.6) is 0 Å². The van der Waals surface area contributed by atoms with Crippen LogP contribution in [0.2, 0.25) is 0 Å². The highest BCUT2D eigenvalue weighted by atomic mass is 32.2. The number of carbonyl (C=O) groups is 1. The molecule has 0 spiro atoms. The van der Waals surface area contributed by atoms with Crippen molar-refractivity contribution >= 4 is 21.7 Å². The second kappa shape index (κ2) is 13.1. The molecule has 1 aromatic carbocycles. The minimum atomic E-state index is -4.16. The van der Waals surface area contributed by atoms with Crippen LogP contribution in [0, 0.1) is 10.1 Å². The van der Waals surface area contributed by atoms with Crippen LogP contribution in [0.3, 0.4) is 0 Å². The van der Waals surface area contributed by atoms with Crippen LogP contribution in [0.1, 0.15) is 52.4 Å². The molecular formula is C20H30N2O7S. The van der Waals surface area contributed by atoms with Crippen LogP contribution in [0.4, 0.5) is 5.69 Å². The monoisotopic (exact) mass is 442 g/mol. The fourth-order valence-corrected chi connectivity index (χ4v) is 4.07. The summed E-state index contributed by atoms with van der Waals surface area (Å²) in [5.41, 5.74) is 0.515. The third-order valence-electron chi connectivity index (χ3n) is 4.55. The molecule has 0 aliphatic heterocycles. The molecule has 0 saturated carbocycles. The SMILES string of the molecule is CCCCCCC/C(CNS(=O)(=O)c1ccccc1[N+](=O)[O-])=C(/CO)COC(C)=O. The minimum Gasteiger partial charge on any atom is -0.461 e. The highest BCUT2D eigenvalue weighted by molar-refractivity contribution is 7.89. The molecule has 9 nitrogen and oxygen atoms in total. The van der Waals surface area contributed by atoms with E-state index < -0.39 is 31.5 Å². The van der Waals surface area contributed by atoms with E-state index in [4.69, 9.17) is 4.74 Å². The molecule has 1 rings (SSSR count). The topological polar surface area (TPSA) is 136 Å². The normalized spacial score (nSPS) is 12.4. The summed E-state index contributed by atoms with van der Waals surface area (Å²) in [6.45, 7) is 2.69. The molecule has 0 aromatic heterocycles. The van der Waals surface area contributed by atoms with Gasteiger partial charge in [0.15, 0.2) is 4.90 Å². The van der Waals surface area contributed by atoms with Gasteiger partial charge in [-0.2, -0.15) is 0 Å². The number of aliphatic hydroxyl groups is 1. The highest BCUT2D eigenvalue weighted by Crippen LogP contribution is 2.23. The molecule has 2 N–H and O–H groups in total. The van der Waals surface area contributed by atoms with E-state index in [9.17, 15) is 28.4 Å². The standard InChI is InChI=1S/C20H30N2O7S/c1-3-4-5-6-7-10-17(18(14-23)15-29-16(2)24)13-21-30(27,28)20-12-9-8-11-19(20)22(25)26/h8-9,11-12,21,23H,3-7,10,13-15H2,1-2H3/b18-17+. The van der Waals surface area contributed by atoms with Crippen molar-refractivity contribution in [1.29, 1.82) is 0 Å². The molecule has 0 heterocycles. The number of nitro benzene ring substituents is 1. The Labute approximate surface area is 177 Å². The van der Waals surface area contributed by atoms with E-state index in [0.717, 1.165) is 38.2 Å². The maximum absolute atomic E-state index is 12.7. The van der Waals surface area contributed by atoms with Crippen LogP contribution >= 0.6 is 0 Å². The predicted molar refractivity (Wildman–Crippen MR) is 112 cm³/mol. The lowest BCUT2D eigenvalue weighted by molar-refractivity contribution is -0.387. The Hall–Kier alpha value is -2.30. The van der Waals surface area contributed by atoms with Crippen LogP contribution in [-0.2, 0) is 19.6 Å². The van der Waals surface area contributed by atoms with Gasteiger partial charge in [0.05, 0.1) is 11.5 Å². The van der Waals surface area contributed by atoms with E-state index in [0.29, 0.717) is 17.6 Å². The Bertz CT molecular complexity index is 850. The zero-order valence-corrected chi connectivity index (χ0v) is 18.2. The van der Waals surface area contributed by atoms with Crippen molar-refractivity contribution in [2.45, 2.75) is 57.3 Å². The molecule has 0 aliphatic carbocycles. The largest absolute Gasteiger partial charge is 0.461 e. The zero-order chi connectivity index (χ0) is 22.6. The molecule has 30 heavy (non-hydrogen) atoms. The molecule has 0 saturated heterocycles. The summed E-state index contributed by atoms with van der Waals surface area (Å²) < 4.78 is 32.7. The second-order valence-corrected chi connectivity index (χ2v) is 8.59. The maximum Gasteiger partial charge on any atom is 0.302 e. The van der Waals surface area contributed by atoms with Gasteiger partial charge >= 0.3 is 5.97 Å². The Kier molecular flexibility index (Phi) is 11.2. The Morgan fingerprint density at radius 2 is 1.83 bits per heavy atom. The number of hydrogen-bond acceptors (Lipinski definition) is 7. The number of nitrogens with one attached hydrogen (secondary N) is 1. The maximum atomic E-state index is 12.7. The van der Waals surface area contributed by atoms with Crippen LogP contribution in [-0.4, -0.2) is 44.2 Å². The second-order valence-electron chi connectivity index (χ2n) is 6.86. The summed E-state index contributed by atoms with van der Waals surface area (Å²) >= 11 is 0. The molecule has 0 fully saturated rings. The first kappa shape index (κ1) is 25.7. The van der Waals surface area contributed by atoms with Gasteiger partial charge in [-0.1, -0.05) is 50.3 Å². The summed E-state index contributed by atoms with van der Waals surface area (Å²) in [4.78, 5) is 21.1. The third-order valence-corrected chi connectivity index (χ3v) is 6.00. The van der Waals surface area contributed by atoms with E-state index in [1.165, 1.54) is 25.1 Å². The fourth-order valence-electron chi connectivity index (χ4n) is 2.88. The smallest absolute Gasteiger partial charge is 0.302 e. The lowest BCUT2D eigenvalue weighted by Gasteiger charge is -2.15. The fraction of sp³-hybridized carbons (Fsp3) is 0.550. The number of rotatable bonds is 14. The molecule has 0 atom stereocenters. The lowest BCUT2D eigenvalue weighted by Crippen LogP contribution is -2.28. The van der Waals surface area contributed by atoms with Gasteiger partial charge in [-0.15, -0.1) is 0 Å². The van der Waals surface area contributed by atoms with Crippen molar-refractivity contribution in [3.63, 3.8) is 0 Å². The van der Waals surface area contributed by atoms with Gasteiger partial charge in [0, 0.05) is 19.5 Å². The number of aliphatic hydroxyl groups excluding tert-OH is 1. The van der Waals surface area contributed by atoms with Crippen molar-refractivity contribution in [2.75, 3.05) is 19.8 Å². The number of para-hydroxylation sites is 1. The number of benzene rings is 1. The van der Waals surface area contributed by atoms with Crippen LogP contribution < -0.4 is 4.72 Å². The van der Waals surface area contributed by atoms with Crippen LogP contribution in [0.25, 0.3) is 0 Å². The third kappa shape index (κ3) is 8.60. The number of ether oxygens (including phenoxy) is 1. The van der Waals surface area contributed by atoms with Gasteiger partial charge in [-0.3, -0.25) is 14.9 Å². The Morgan fingerprint density at radius 3 is 2.43 bits per heavy atom. The molecule has 0 unspecified atom stereocenters. The first-order chi connectivity index (χ1) is 14.2. The molecule has 1 aromatic rings. The summed E-state index contributed by atoms with van der Waals surface area (Å²) in [6.07, 6.45) is 5.48. The zero-order valence-electron chi connectivity index (χ0n) is 17.4. The van der Waals surface area contributed by atoms with E-state index >= 15 is 0 Å². The van der Waals surface area contributed by atoms with Gasteiger partial charge < -0.3 is 9.84 Å². The number of nitro groups is 1. The van der Waals surface area contributed by atoms with Crippen LogP contribution in [0.15, 0.2) is 40.3 Å². The summed E-state index contributed by atoms with van der Waals surface area (Å²) in [5, 5.41) is 20.9. The van der Waals surface area contributed by atoms with Gasteiger partial charge in [0.1, 0.15) is 6.61 Å². The first-order valence-electron chi connectivity index (χ1n) is 9.90. The van der Waals surface area contributed by atoms with Crippen molar-refractivity contribution in [3.05, 3.63) is 45.5 Å². The van der Waals surface area contributed by atoms with Gasteiger partial charge in [-0.25, -0.2) is 13.1 Å². The molecule has 0 amide bonds. The number of sulfonamides is 1. The molecule has 168 valence electrons. The van der Waals surface area contributed by atoms with E-state index in [1.807, 2.05) is 0 Å². The van der Waals surface area contributed by atoms with Crippen molar-refractivity contribution in [3.8, 4) is 0 Å². The molecule has 0 radical (unpaired) electrons. The Morgan fingerprint density at radius 1 is 1.17 bits per heavy atom. The van der Waals surface area contributed by atoms with Gasteiger partial charge in [0.25, 0.3) is 5.69 Å². The summed E-state index contributed by atoms with van der Waals surface area (Å²) in [7, 11) is -4.16. The summed E-state index contributed by atoms with van der Waals surface area (Å²) in [6, 6.07) is 5.09. The number of hydrogen-bond donors (Lipinski definition) is 2. The Balaban J connectivity index is 3.02. The molecule has 0 aliphatic rings. The van der Waals surface area contributed by atoms with E-state index in [1.54, 1.807) is 0 Å². The first-order valence-corrected chi connectivity index (χ1v) is 11.4.